The van der Waals surface area contributed by atoms with E-state index in [4.69, 9.17) is 16.3 Å². The van der Waals surface area contributed by atoms with Gasteiger partial charge in [-0.25, -0.2) is 4.98 Å². The maximum Gasteiger partial charge on any atom is 0.301 e. The number of rotatable bonds is 5. The van der Waals surface area contributed by atoms with E-state index < -0.39 is 28.4 Å². The first-order valence-electron chi connectivity index (χ1n) is 10.5. The average Bonchev–Trinajstić information content (AvgIpc) is 3.41. The molecule has 1 aliphatic rings. The van der Waals surface area contributed by atoms with Gasteiger partial charge in [-0.15, -0.1) is 0 Å². The molecule has 1 fully saturated rings. The molecule has 1 saturated heterocycles. The molecule has 9 nitrogen and oxygen atoms in total. The van der Waals surface area contributed by atoms with Crippen LogP contribution in [0, 0.1) is 10.1 Å². The number of carbonyl (C=O) groups excluding carboxylic acids is 2. The third kappa shape index (κ3) is 3.96. The van der Waals surface area contributed by atoms with E-state index in [9.17, 15) is 24.8 Å². The Labute approximate surface area is 213 Å². The SMILES string of the molecule is COc1ccc2nc(N3C(=O)C(=O)C(=C(O)c4ccc(Cl)cc4)[C@H]3c3cccc([N+](=O)[O-])c3)sc2c1. The van der Waals surface area contributed by atoms with E-state index in [2.05, 4.69) is 4.98 Å². The Morgan fingerprint density at radius 2 is 1.89 bits per heavy atom. The number of fused-ring (bicyclic) bond motifs is 1. The fraction of sp³-hybridized carbons (Fsp3) is 0.0800. The molecule has 5 rings (SSSR count). The number of nitrogens with zero attached hydrogens (tertiary/aromatic N) is 3. The molecule has 1 aromatic heterocycles. The molecule has 1 atom stereocenters. The third-order valence-corrected chi connectivity index (χ3v) is 7.02. The van der Waals surface area contributed by atoms with Gasteiger partial charge in [0, 0.05) is 22.7 Å². The highest BCUT2D eigenvalue weighted by molar-refractivity contribution is 7.22. The van der Waals surface area contributed by atoms with Crippen molar-refractivity contribution in [2.45, 2.75) is 6.04 Å². The van der Waals surface area contributed by atoms with E-state index >= 15 is 0 Å². The average molecular weight is 522 g/mol. The summed E-state index contributed by atoms with van der Waals surface area (Å²) in [5.74, 6) is -1.67. The number of aliphatic hydroxyl groups excluding tert-OH is 1. The predicted molar refractivity (Wildman–Crippen MR) is 136 cm³/mol. The summed E-state index contributed by atoms with van der Waals surface area (Å²) in [5, 5.41) is 23.2. The maximum absolute atomic E-state index is 13.3. The zero-order valence-electron chi connectivity index (χ0n) is 18.5. The number of hydrogen-bond acceptors (Lipinski definition) is 8. The molecular formula is C25H16ClN3O6S. The van der Waals surface area contributed by atoms with Gasteiger partial charge in [-0.2, -0.15) is 0 Å². The van der Waals surface area contributed by atoms with Gasteiger partial charge in [-0.05, 0) is 48.0 Å². The molecule has 0 bridgehead atoms. The van der Waals surface area contributed by atoms with Gasteiger partial charge in [0.15, 0.2) is 5.13 Å². The summed E-state index contributed by atoms with van der Waals surface area (Å²) in [6, 6.07) is 15.7. The number of aliphatic hydroxyl groups is 1. The zero-order chi connectivity index (χ0) is 25.6. The lowest BCUT2D eigenvalue weighted by atomic mass is 9.95. The van der Waals surface area contributed by atoms with Crippen LogP contribution in [0.3, 0.4) is 0 Å². The molecular weight excluding hydrogens is 506 g/mol. The van der Waals surface area contributed by atoms with E-state index in [-0.39, 0.29) is 27.5 Å². The Morgan fingerprint density at radius 3 is 2.58 bits per heavy atom. The van der Waals surface area contributed by atoms with E-state index in [1.165, 1.54) is 54.5 Å². The number of methoxy groups -OCH3 is 1. The minimum Gasteiger partial charge on any atom is -0.507 e. The second-order valence-electron chi connectivity index (χ2n) is 7.86. The van der Waals surface area contributed by atoms with Crippen molar-refractivity contribution in [2.24, 2.45) is 0 Å². The first-order valence-corrected chi connectivity index (χ1v) is 11.7. The molecule has 4 aromatic rings. The molecule has 3 aromatic carbocycles. The van der Waals surface area contributed by atoms with Crippen LogP contribution < -0.4 is 9.64 Å². The zero-order valence-corrected chi connectivity index (χ0v) is 20.1. The number of hydrogen-bond donors (Lipinski definition) is 1. The number of nitro groups is 1. The number of thiazole rings is 1. The van der Waals surface area contributed by atoms with Crippen LogP contribution in [0.2, 0.25) is 5.02 Å². The van der Waals surface area contributed by atoms with E-state index in [0.717, 1.165) is 11.3 Å². The molecule has 0 spiro atoms. The monoisotopic (exact) mass is 521 g/mol. The van der Waals surface area contributed by atoms with Gasteiger partial charge < -0.3 is 9.84 Å². The fourth-order valence-electron chi connectivity index (χ4n) is 4.04. The summed E-state index contributed by atoms with van der Waals surface area (Å²) < 4.78 is 5.97. The number of anilines is 1. The lowest BCUT2D eigenvalue weighted by Gasteiger charge is -2.22. The summed E-state index contributed by atoms with van der Waals surface area (Å²) >= 11 is 7.11. The fourth-order valence-corrected chi connectivity index (χ4v) is 5.19. The molecule has 2 heterocycles. The number of carbonyl (C=O) groups is 2. The number of non-ortho nitro benzene ring substituents is 1. The van der Waals surface area contributed by atoms with Crippen LogP contribution in [0.4, 0.5) is 10.8 Å². The Bertz CT molecular complexity index is 1580. The molecule has 11 heteroatoms. The quantitative estimate of drug-likeness (QED) is 0.121. The number of Topliss-reactive ketones (excluding diaryl/α,β-unsaturated/α-hetero) is 1. The van der Waals surface area contributed by atoms with Crippen LogP contribution >= 0.6 is 22.9 Å². The minimum atomic E-state index is -1.15. The van der Waals surface area contributed by atoms with Gasteiger partial charge in [0.2, 0.25) is 0 Å². The summed E-state index contributed by atoms with van der Waals surface area (Å²) in [5.41, 5.74) is 0.684. The summed E-state index contributed by atoms with van der Waals surface area (Å²) in [4.78, 5) is 43.2. The number of aromatic nitrogens is 1. The molecule has 0 saturated carbocycles. The summed E-state index contributed by atoms with van der Waals surface area (Å²) in [6.07, 6.45) is 0. The van der Waals surface area contributed by atoms with Crippen LogP contribution in [0.15, 0.2) is 72.3 Å². The van der Waals surface area contributed by atoms with Gasteiger partial charge in [0.05, 0.1) is 33.9 Å². The van der Waals surface area contributed by atoms with Crippen molar-refractivity contribution in [3.8, 4) is 5.75 Å². The largest absolute Gasteiger partial charge is 0.507 e. The molecule has 1 N–H and O–H groups in total. The number of amides is 1. The summed E-state index contributed by atoms with van der Waals surface area (Å²) in [6.45, 7) is 0. The van der Waals surface area contributed by atoms with Crippen molar-refractivity contribution in [2.75, 3.05) is 12.0 Å². The van der Waals surface area contributed by atoms with E-state index in [0.29, 0.717) is 21.0 Å². The minimum absolute atomic E-state index is 0.201. The number of benzene rings is 3. The lowest BCUT2D eigenvalue weighted by molar-refractivity contribution is -0.384. The Balaban J connectivity index is 1.74. The van der Waals surface area contributed by atoms with Crippen molar-refractivity contribution in [1.29, 1.82) is 0 Å². The number of nitro benzene ring substituents is 1. The van der Waals surface area contributed by atoms with Gasteiger partial charge >= 0.3 is 5.91 Å². The van der Waals surface area contributed by atoms with Gasteiger partial charge in [-0.3, -0.25) is 24.6 Å². The normalized spacial score (nSPS) is 17.1. The van der Waals surface area contributed by atoms with Gasteiger partial charge in [0.1, 0.15) is 11.5 Å². The van der Waals surface area contributed by atoms with Crippen molar-refractivity contribution < 1.29 is 24.4 Å². The van der Waals surface area contributed by atoms with Crippen molar-refractivity contribution in [3.63, 3.8) is 0 Å². The van der Waals surface area contributed by atoms with Crippen molar-refractivity contribution in [3.05, 3.63) is 98.6 Å². The summed E-state index contributed by atoms with van der Waals surface area (Å²) in [7, 11) is 1.53. The Morgan fingerprint density at radius 1 is 1.14 bits per heavy atom. The first kappa shape index (κ1) is 23.5. The lowest BCUT2D eigenvalue weighted by Crippen LogP contribution is -2.29. The standard InChI is InChI=1S/C25H16ClN3O6S/c1-35-17-9-10-18-19(12-17)36-25(27-18)28-21(14-3-2-4-16(11-14)29(33)34)20(23(31)24(28)32)22(30)13-5-7-15(26)8-6-13/h2-12,21,30H,1H3/t21-/m1/s1. The van der Waals surface area contributed by atoms with Crippen LogP contribution in [-0.2, 0) is 9.59 Å². The Kier molecular flexibility index (Phi) is 5.91. The van der Waals surface area contributed by atoms with Crippen LogP contribution in [0.5, 0.6) is 5.75 Å². The highest BCUT2D eigenvalue weighted by atomic mass is 35.5. The van der Waals surface area contributed by atoms with E-state index in [1.54, 1.807) is 24.3 Å². The third-order valence-electron chi connectivity index (χ3n) is 5.75. The second-order valence-corrected chi connectivity index (χ2v) is 9.30. The van der Waals surface area contributed by atoms with Crippen LogP contribution in [0.25, 0.3) is 16.0 Å². The molecule has 0 aliphatic carbocycles. The first-order chi connectivity index (χ1) is 17.3. The van der Waals surface area contributed by atoms with E-state index in [1.807, 2.05) is 0 Å². The molecule has 1 amide bonds. The van der Waals surface area contributed by atoms with Crippen LogP contribution in [0.1, 0.15) is 17.2 Å². The van der Waals surface area contributed by atoms with Crippen molar-refractivity contribution in [1.82, 2.24) is 4.98 Å². The number of ketones is 1. The number of ether oxygens (including phenoxy) is 1. The Hall–Kier alpha value is -4.28. The molecule has 0 unspecified atom stereocenters. The maximum atomic E-state index is 13.3. The molecule has 1 aliphatic heterocycles. The highest BCUT2D eigenvalue weighted by Crippen LogP contribution is 2.45. The second kappa shape index (κ2) is 9.06. The molecule has 0 radical (unpaired) electrons. The van der Waals surface area contributed by atoms with Crippen molar-refractivity contribution >= 4 is 61.4 Å². The molecule has 180 valence electrons. The smallest absolute Gasteiger partial charge is 0.301 e. The predicted octanol–water partition coefficient (Wildman–Crippen LogP) is 5.49. The highest BCUT2D eigenvalue weighted by Gasteiger charge is 2.48. The van der Waals surface area contributed by atoms with Gasteiger partial charge in [0.25, 0.3) is 11.5 Å². The number of halogens is 1. The van der Waals surface area contributed by atoms with Crippen LogP contribution in [-0.4, -0.2) is 33.8 Å². The molecule has 36 heavy (non-hydrogen) atoms. The topological polar surface area (TPSA) is 123 Å². The van der Waals surface area contributed by atoms with Gasteiger partial charge in [-0.1, -0.05) is 35.1 Å².